The Morgan fingerprint density at radius 1 is 1.12 bits per heavy atom. The van der Waals surface area contributed by atoms with Gasteiger partial charge in [0.05, 0.1) is 0 Å². The largest absolute Gasteiger partial charge is 0.336 e. The Bertz CT molecular complexity index is 325. The van der Waals surface area contributed by atoms with Crippen LogP contribution >= 0.6 is 0 Å². The van der Waals surface area contributed by atoms with E-state index in [1.165, 1.54) is 0 Å². The third kappa shape index (κ3) is 3.13. The lowest BCUT2D eigenvalue weighted by Crippen LogP contribution is -2.42. The fourth-order valence-electron chi connectivity index (χ4n) is 1.82. The summed E-state index contributed by atoms with van der Waals surface area (Å²) in [6, 6.07) is 0. The predicted molar refractivity (Wildman–Crippen MR) is 63.6 cm³/mol. The molecule has 1 saturated heterocycles. The Hall–Kier alpha value is -0.740. The molecule has 1 aliphatic rings. The average molecular weight is 242 g/mol. The molecule has 0 N–H and O–H groups in total. The van der Waals surface area contributed by atoms with E-state index in [-0.39, 0.29) is 11.6 Å². The average Bonchev–Trinajstić information content (AvgIpc) is 2.50. The van der Waals surface area contributed by atoms with Crippen molar-refractivity contribution in [1.82, 2.24) is 0 Å². The minimum absolute atomic E-state index is 0.0850. The zero-order chi connectivity index (χ0) is 13.4. The molecule has 4 nitrogen and oxygen atoms in total. The molecule has 0 bridgehead atoms. The van der Waals surface area contributed by atoms with E-state index in [4.69, 9.17) is 9.47 Å². The first-order chi connectivity index (χ1) is 7.58. The molecular formula is C13H22O4. The summed E-state index contributed by atoms with van der Waals surface area (Å²) < 4.78 is 11.1. The minimum atomic E-state index is -0.874. The number of hydrogen-bond acceptors (Lipinski definition) is 4. The van der Waals surface area contributed by atoms with Crippen LogP contribution < -0.4 is 0 Å². The van der Waals surface area contributed by atoms with Gasteiger partial charge in [0.1, 0.15) is 0 Å². The van der Waals surface area contributed by atoms with Crippen molar-refractivity contribution in [3.8, 4) is 0 Å². The molecule has 0 spiro atoms. The van der Waals surface area contributed by atoms with Gasteiger partial charge < -0.3 is 9.47 Å². The SMILES string of the molecule is CCC(=O)C1OC(C)(C)O[C@@H]1C(=O)C(C)(C)C. The highest BCUT2D eigenvalue weighted by Gasteiger charge is 2.50. The van der Waals surface area contributed by atoms with E-state index in [9.17, 15) is 9.59 Å². The highest BCUT2D eigenvalue weighted by Crippen LogP contribution is 2.33. The third-order valence-corrected chi connectivity index (χ3v) is 2.76. The first-order valence-corrected chi connectivity index (χ1v) is 6.01. The van der Waals surface area contributed by atoms with E-state index in [1.54, 1.807) is 20.8 Å². The zero-order valence-corrected chi connectivity index (χ0v) is 11.5. The van der Waals surface area contributed by atoms with Gasteiger partial charge in [-0.1, -0.05) is 27.7 Å². The van der Waals surface area contributed by atoms with Crippen LogP contribution in [0.3, 0.4) is 0 Å². The first kappa shape index (κ1) is 14.3. The van der Waals surface area contributed by atoms with Crippen LogP contribution in [0.1, 0.15) is 48.0 Å². The molecule has 0 saturated carbocycles. The molecule has 0 radical (unpaired) electrons. The Morgan fingerprint density at radius 3 is 2.00 bits per heavy atom. The Balaban J connectivity index is 2.96. The summed E-state index contributed by atoms with van der Waals surface area (Å²) in [4.78, 5) is 24.0. The second-order valence-corrected chi connectivity index (χ2v) is 5.91. The van der Waals surface area contributed by atoms with Gasteiger partial charge in [-0.05, 0) is 13.8 Å². The van der Waals surface area contributed by atoms with Gasteiger partial charge in [-0.15, -0.1) is 0 Å². The number of carbonyl (C=O) groups is 2. The monoisotopic (exact) mass is 242 g/mol. The van der Waals surface area contributed by atoms with E-state index in [1.807, 2.05) is 20.8 Å². The van der Waals surface area contributed by atoms with Gasteiger partial charge >= 0.3 is 0 Å². The number of Topliss-reactive ketones (excluding diaryl/α,β-unsaturated/α-hetero) is 2. The molecule has 0 amide bonds. The molecule has 0 aliphatic carbocycles. The van der Waals surface area contributed by atoms with Gasteiger partial charge in [0.15, 0.2) is 29.6 Å². The smallest absolute Gasteiger partial charge is 0.170 e. The maximum Gasteiger partial charge on any atom is 0.170 e. The molecule has 0 aromatic carbocycles. The van der Waals surface area contributed by atoms with E-state index < -0.39 is 23.4 Å². The molecule has 1 rings (SSSR count). The maximum atomic E-state index is 12.2. The highest BCUT2D eigenvalue weighted by atomic mass is 16.8. The van der Waals surface area contributed by atoms with Crippen molar-refractivity contribution in [2.75, 3.05) is 0 Å². The quantitative estimate of drug-likeness (QED) is 0.760. The zero-order valence-electron chi connectivity index (χ0n) is 11.5. The second kappa shape index (κ2) is 4.50. The molecule has 1 aliphatic heterocycles. The summed E-state index contributed by atoms with van der Waals surface area (Å²) in [7, 11) is 0. The number of ether oxygens (including phenoxy) is 2. The number of hydrogen-bond donors (Lipinski definition) is 0. The molecule has 1 heterocycles. The Morgan fingerprint density at radius 2 is 1.59 bits per heavy atom. The van der Waals surface area contributed by atoms with E-state index in [0.717, 1.165) is 0 Å². The topological polar surface area (TPSA) is 52.6 Å². The lowest BCUT2D eigenvalue weighted by atomic mass is 9.85. The van der Waals surface area contributed by atoms with Crippen molar-refractivity contribution in [2.45, 2.75) is 66.0 Å². The number of rotatable bonds is 3. The minimum Gasteiger partial charge on any atom is -0.336 e. The van der Waals surface area contributed by atoms with Gasteiger partial charge in [0.2, 0.25) is 0 Å². The summed E-state index contributed by atoms with van der Waals surface area (Å²) in [6.07, 6.45) is -1.20. The molecule has 2 atom stereocenters. The summed E-state index contributed by atoms with van der Waals surface area (Å²) in [5.41, 5.74) is -0.541. The van der Waals surface area contributed by atoms with E-state index >= 15 is 0 Å². The van der Waals surface area contributed by atoms with Crippen LogP contribution in [0.25, 0.3) is 0 Å². The fourth-order valence-corrected chi connectivity index (χ4v) is 1.82. The van der Waals surface area contributed by atoms with Crippen LogP contribution in [0.4, 0.5) is 0 Å². The molecule has 0 aromatic rings. The van der Waals surface area contributed by atoms with Crippen molar-refractivity contribution in [2.24, 2.45) is 5.41 Å². The maximum absolute atomic E-state index is 12.2. The van der Waals surface area contributed by atoms with Crippen molar-refractivity contribution < 1.29 is 19.1 Å². The van der Waals surface area contributed by atoms with Crippen molar-refractivity contribution in [1.29, 1.82) is 0 Å². The van der Waals surface area contributed by atoms with Crippen LogP contribution in [0.2, 0.25) is 0 Å². The normalized spacial score (nSPS) is 28.1. The lowest BCUT2D eigenvalue weighted by molar-refractivity contribution is -0.160. The molecule has 1 fully saturated rings. The first-order valence-electron chi connectivity index (χ1n) is 6.01. The third-order valence-electron chi connectivity index (χ3n) is 2.76. The van der Waals surface area contributed by atoms with E-state index in [0.29, 0.717) is 6.42 Å². The van der Waals surface area contributed by atoms with Crippen LogP contribution in [-0.4, -0.2) is 29.6 Å². The van der Waals surface area contributed by atoms with Crippen LogP contribution in [-0.2, 0) is 19.1 Å². The molecule has 4 heteroatoms. The summed E-state index contributed by atoms with van der Waals surface area (Å²) in [5, 5.41) is 0. The fraction of sp³-hybridized carbons (Fsp3) is 0.846. The van der Waals surface area contributed by atoms with Gasteiger partial charge in [-0.25, -0.2) is 0 Å². The molecule has 17 heavy (non-hydrogen) atoms. The van der Waals surface area contributed by atoms with Crippen LogP contribution in [0, 0.1) is 5.41 Å². The standard InChI is InChI=1S/C13H22O4/c1-7-8(14)9-10(11(15)12(2,3)4)17-13(5,6)16-9/h9-10H,7H2,1-6H3/t9?,10-/m0/s1. The Labute approximate surface area is 103 Å². The summed E-state index contributed by atoms with van der Waals surface area (Å²) >= 11 is 0. The molecule has 1 unspecified atom stereocenters. The van der Waals surface area contributed by atoms with Gasteiger partial charge in [0, 0.05) is 11.8 Å². The van der Waals surface area contributed by atoms with Crippen molar-refractivity contribution in [3.63, 3.8) is 0 Å². The van der Waals surface area contributed by atoms with Gasteiger partial charge in [-0.2, -0.15) is 0 Å². The highest BCUT2D eigenvalue weighted by molar-refractivity contribution is 5.95. The van der Waals surface area contributed by atoms with Crippen molar-refractivity contribution in [3.05, 3.63) is 0 Å². The number of ketones is 2. The second-order valence-electron chi connectivity index (χ2n) is 5.91. The van der Waals surface area contributed by atoms with Gasteiger partial charge in [0.25, 0.3) is 0 Å². The van der Waals surface area contributed by atoms with Crippen LogP contribution in [0.5, 0.6) is 0 Å². The van der Waals surface area contributed by atoms with Crippen LogP contribution in [0.15, 0.2) is 0 Å². The molecule has 0 aromatic heterocycles. The number of carbonyl (C=O) groups excluding carboxylic acids is 2. The molecule has 98 valence electrons. The molecular weight excluding hydrogens is 220 g/mol. The van der Waals surface area contributed by atoms with E-state index in [2.05, 4.69) is 0 Å². The van der Waals surface area contributed by atoms with Crippen molar-refractivity contribution >= 4 is 11.6 Å². The Kier molecular flexibility index (Phi) is 3.79. The predicted octanol–water partition coefficient (Wildman–Crippen LogP) is 2.10. The summed E-state index contributed by atoms with van der Waals surface area (Å²) in [6.45, 7) is 10.7. The lowest BCUT2D eigenvalue weighted by Gasteiger charge is -2.23. The summed E-state index contributed by atoms with van der Waals surface area (Å²) in [5.74, 6) is -1.05. The van der Waals surface area contributed by atoms with Gasteiger partial charge in [-0.3, -0.25) is 9.59 Å².